The zero-order chi connectivity index (χ0) is 18.5. The molecule has 0 aliphatic heterocycles. The maximum Gasteiger partial charge on any atom is 0.255 e. The lowest BCUT2D eigenvalue weighted by molar-refractivity contribution is 0.102. The molecule has 0 unspecified atom stereocenters. The van der Waals surface area contributed by atoms with Gasteiger partial charge in [0.05, 0.1) is 19.0 Å². The number of hydrogen-bond donors (Lipinski definition) is 2. The lowest BCUT2D eigenvalue weighted by atomic mass is 10.2. The van der Waals surface area contributed by atoms with Crippen LogP contribution in [0.15, 0.2) is 60.8 Å². The molecule has 3 rings (SSSR count). The van der Waals surface area contributed by atoms with Gasteiger partial charge in [0.15, 0.2) is 0 Å². The topological polar surface area (TPSA) is 63.2 Å². The maximum atomic E-state index is 12.2. The van der Waals surface area contributed by atoms with Crippen LogP contribution in [-0.4, -0.2) is 18.0 Å². The molecular weight excluding hydrogens is 350 g/mol. The SMILES string of the molecule is COc1ccc(C(=O)Nc2ccc(Nc3ccc(C)c(Cl)c3)nc2)cc1. The van der Waals surface area contributed by atoms with Gasteiger partial charge in [-0.1, -0.05) is 17.7 Å². The van der Waals surface area contributed by atoms with Gasteiger partial charge in [-0.3, -0.25) is 4.79 Å². The van der Waals surface area contributed by atoms with Crippen LogP contribution in [0.3, 0.4) is 0 Å². The van der Waals surface area contributed by atoms with Gasteiger partial charge in [0.2, 0.25) is 0 Å². The van der Waals surface area contributed by atoms with Crippen molar-refractivity contribution in [1.82, 2.24) is 4.98 Å². The first-order valence-electron chi connectivity index (χ1n) is 8.00. The number of halogens is 1. The lowest BCUT2D eigenvalue weighted by Crippen LogP contribution is -2.12. The first-order chi connectivity index (χ1) is 12.5. The number of nitrogens with zero attached hydrogens (tertiary/aromatic N) is 1. The Morgan fingerprint density at radius 3 is 2.38 bits per heavy atom. The number of hydrogen-bond acceptors (Lipinski definition) is 4. The van der Waals surface area contributed by atoms with Crippen molar-refractivity contribution in [1.29, 1.82) is 0 Å². The molecule has 132 valence electrons. The summed E-state index contributed by atoms with van der Waals surface area (Å²) in [6, 6.07) is 16.2. The summed E-state index contributed by atoms with van der Waals surface area (Å²) < 4.78 is 5.09. The summed E-state index contributed by atoms with van der Waals surface area (Å²) in [6.45, 7) is 1.95. The minimum Gasteiger partial charge on any atom is -0.497 e. The highest BCUT2D eigenvalue weighted by molar-refractivity contribution is 6.31. The Balaban J connectivity index is 1.65. The largest absolute Gasteiger partial charge is 0.497 e. The van der Waals surface area contributed by atoms with Crippen LogP contribution < -0.4 is 15.4 Å². The minimum atomic E-state index is -0.208. The van der Waals surface area contributed by atoms with Gasteiger partial charge in [-0.2, -0.15) is 0 Å². The van der Waals surface area contributed by atoms with E-state index in [-0.39, 0.29) is 5.91 Å². The van der Waals surface area contributed by atoms with E-state index in [9.17, 15) is 4.79 Å². The smallest absolute Gasteiger partial charge is 0.255 e. The first-order valence-corrected chi connectivity index (χ1v) is 8.37. The molecule has 0 fully saturated rings. The second kappa shape index (κ2) is 7.89. The van der Waals surface area contributed by atoms with E-state index in [1.807, 2.05) is 25.1 Å². The second-order valence-corrected chi connectivity index (χ2v) is 6.11. The molecule has 26 heavy (non-hydrogen) atoms. The van der Waals surface area contributed by atoms with Crippen LogP contribution in [0.4, 0.5) is 17.2 Å². The zero-order valence-electron chi connectivity index (χ0n) is 14.4. The summed E-state index contributed by atoms with van der Waals surface area (Å²) in [5.74, 6) is 1.16. The molecule has 0 saturated heterocycles. The average molecular weight is 368 g/mol. The molecule has 1 amide bonds. The molecule has 0 saturated carbocycles. The van der Waals surface area contributed by atoms with E-state index in [1.165, 1.54) is 0 Å². The number of methoxy groups -OCH3 is 1. The molecule has 0 radical (unpaired) electrons. The molecule has 0 spiro atoms. The van der Waals surface area contributed by atoms with Gasteiger partial charge >= 0.3 is 0 Å². The number of aryl methyl sites for hydroxylation is 1. The summed E-state index contributed by atoms with van der Waals surface area (Å²) in [4.78, 5) is 16.6. The molecule has 3 aromatic rings. The van der Waals surface area contributed by atoms with Crippen molar-refractivity contribution in [3.05, 3.63) is 76.9 Å². The van der Waals surface area contributed by atoms with Crippen molar-refractivity contribution in [3.63, 3.8) is 0 Å². The van der Waals surface area contributed by atoms with E-state index in [0.717, 1.165) is 11.3 Å². The number of carbonyl (C=O) groups is 1. The number of aromatic nitrogens is 1. The highest BCUT2D eigenvalue weighted by atomic mass is 35.5. The van der Waals surface area contributed by atoms with Crippen LogP contribution in [0.2, 0.25) is 5.02 Å². The molecule has 0 aliphatic rings. The Labute approximate surface area is 157 Å². The highest BCUT2D eigenvalue weighted by Gasteiger charge is 2.07. The van der Waals surface area contributed by atoms with Crippen LogP contribution in [0.5, 0.6) is 5.75 Å². The Kier molecular flexibility index (Phi) is 5.39. The summed E-state index contributed by atoms with van der Waals surface area (Å²) in [5, 5.41) is 6.68. The van der Waals surface area contributed by atoms with Crippen LogP contribution in [0.1, 0.15) is 15.9 Å². The molecule has 2 N–H and O–H groups in total. The van der Waals surface area contributed by atoms with Crippen LogP contribution >= 0.6 is 11.6 Å². The third-order valence-corrected chi connectivity index (χ3v) is 4.22. The van der Waals surface area contributed by atoms with Gasteiger partial charge < -0.3 is 15.4 Å². The number of anilines is 3. The van der Waals surface area contributed by atoms with Crippen LogP contribution in [-0.2, 0) is 0 Å². The van der Waals surface area contributed by atoms with Crippen molar-refractivity contribution >= 4 is 34.7 Å². The molecule has 0 aliphatic carbocycles. The summed E-state index contributed by atoms with van der Waals surface area (Å²) in [5.41, 5.74) is 3.02. The quantitative estimate of drug-likeness (QED) is 0.662. The number of carbonyl (C=O) groups excluding carboxylic acids is 1. The Morgan fingerprint density at radius 1 is 1.04 bits per heavy atom. The average Bonchev–Trinajstić information content (AvgIpc) is 2.66. The highest BCUT2D eigenvalue weighted by Crippen LogP contribution is 2.23. The maximum absolute atomic E-state index is 12.2. The fourth-order valence-corrected chi connectivity index (χ4v) is 2.49. The van der Waals surface area contributed by atoms with Gasteiger partial charge in [-0.25, -0.2) is 4.98 Å². The predicted octanol–water partition coefficient (Wildman–Crippen LogP) is 5.05. The third-order valence-electron chi connectivity index (χ3n) is 3.82. The number of nitrogens with one attached hydrogen (secondary N) is 2. The van der Waals surface area contributed by atoms with Crippen molar-refractivity contribution < 1.29 is 9.53 Å². The van der Waals surface area contributed by atoms with Gasteiger partial charge in [-0.05, 0) is 61.0 Å². The van der Waals surface area contributed by atoms with E-state index in [4.69, 9.17) is 16.3 Å². The van der Waals surface area contributed by atoms with E-state index < -0.39 is 0 Å². The molecule has 2 aromatic carbocycles. The Bertz CT molecular complexity index is 909. The van der Waals surface area contributed by atoms with Gasteiger partial charge in [0.25, 0.3) is 5.91 Å². The number of pyridine rings is 1. The van der Waals surface area contributed by atoms with E-state index in [0.29, 0.717) is 27.8 Å². The van der Waals surface area contributed by atoms with E-state index in [1.54, 1.807) is 49.7 Å². The Morgan fingerprint density at radius 2 is 1.77 bits per heavy atom. The predicted molar refractivity (Wildman–Crippen MR) is 105 cm³/mol. The number of amides is 1. The summed E-state index contributed by atoms with van der Waals surface area (Å²) in [7, 11) is 1.58. The zero-order valence-corrected chi connectivity index (χ0v) is 15.2. The van der Waals surface area contributed by atoms with Crippen molar-refractivity contribution in [3.8, 4) is 5.75 Å². The standard InChI is InChI=1S/C20H18ClN3O2/c1-13-3-6-15(11-18(13)21)23-19-10-7-16(12-22-19)24-20(25)14-4-8-17(26-2)9-5-14/h3-12H,1-2H3,(H,22,23)(H,24,25). The lowest BCUT2D eigenvalue weighted by Gasteiger charge is -2.09. The van der Waals surface area contributed by atoms with Crippen molar-refractivity contribution in [2.75, 3.05) is 17.7 Å². The van der Waals surface area contributed by atoms with Crippen molar-refractivity contribution in [2.24, 2.45) is 0 Å². The molecular formula is C20H18ClN3O2. The van der Waals surface area contributed by atoms with Gasteiger partial charge in [0.1, 0.15) is 11.6 Å². The normalized spacial score (nSPS) is 10.3. The minimum absolute atomic E-state index is 0.208. The number of benzene rings is 2. The van der Waals surface area contributed by atoms with E-state index in [2.05, 4.69) is 15.6 Å². The van der Waals surface area contributed by atoms with Gasteiger partial charge in [0, 0.05) is 16.3 Å². The molecule has 0 bridgehead atoms. The third kappa shape index (κ3) is 4.32. The Hall–Kier alpha value is -3.05. The molecule has 0 atom stereocenters. The first kappa shape index (κ1) is 17.8. The van der Waals surface area contributed by atoms with Gasteiger partial charge in [-0.15, -0.1) is 0 Å². The summed E-state index contributed by atoms with van der Waals surface area (Å²) >= 11 is 6.12. The molecule has 1 heterocycles. The fourth-order valence-electron chi connectivity index (χ4n) is 2.31. The number of ether oxygens (including phenoxy) is 1. The fraction of sp³-hybridized carbons (Fsp3) is 0.100. The monoisotopic (exact) mass is 367 g/mol. The van der Waals surface area contributed by atoms with Crippen molar-refractivity contribution in [2.45, 2.75) is 6.92 Å². The number of rotatable bonds is 5. The summed E-state index contributed by atoms with van der Waals surface area (Å²) in [6.07, 6.45) is 1.60. The second-order valence-electron chi connectivity index (χ2n) is 5.70. The van der Waals surface area contributed by atoms with E-state index >= 15 is 0 Å². The van der Waals surface area contributed by atoms with Crippen LogP contribution in [0.25, 0.3) is 0 Å². The van der Waals surface area contributed by atoms with Crippen LogP contribution in [0, 0.1) is 6.92 Å². The molecule has 1 aromatic heterocycles. The molecule has 6 heteroatoms. The molecule has 5 nitrogen and oxygen atoms in total.